The normalized spacial score (nSPS) is 13.4. The molecule has 0 radical (unpaired) electrons. The summed E-state index contributed by atoms with van der Waals surface area (Å²) in [6, 6.07) is 19.5. The molecule has 1 aromatic heterocycles. The molecule has 2 aromatic carbocycles. The summed E-state index contributed by atoms with van der Waals surface area (Å²) in [6.07, 6.45) is 5.13. The van der Waals surface area contributed by atoms with E-state index in [9.17, 15) is 9.59 Å². The van der Waals surface area contributed by atoms with Crippen LogP contribution in [0.3, 0.4) is 0 Å². The van der Waals surface area contributed by atoms with Crippen LogP contribution in [0.15, 0.2) is 60.7 Å². The number of thiophene rings is 1. The standard InChI is InChI=1S/C26H27NO3S/c1-2-30-26(29)23-20-16-10-5-11-17-21(20)31-25(23)27-24(28)22(18-12-6-3-7-13-18)19-14-8-4-9-15-19/h3-4,6-9,12-15,22H,2,5,10-11,16-17H2,1H3,(H,27,28). The van der Waals surface area contributed by atoms with E-state index in [0.717, 1.165) is 48.8 Å². The Morgan fingerprint density at radius 3 is 2.16 bits per heavy atom. The maximum Gasteiger partial charge on any atom is 0.341 e. The number of hydrogen-bond donors (Lipinski definition) is 1. The highest BCUT2D eigenvalue weighted by molar-refractivity contribution is 7.17. The molecule has 31 heavy (non-hydrogen) atoms. The van der Waals surface area contributed by atoms with Crippen molar-refractivity contribution in [3.05, 3.63) is 87.8 Å². The van der Waals surface area contributed by atoms with E-state index >= 15 is 0 Å². The third-order valence-corrected chi connectivity index (χ3v) is 6.87. The zero-order valence-electron chi connectivity index (χ0n) is 17.7. The first-order valence-corrected chi connectivity index (χ1v) is 11.7. The largest absolute Gasteiger partial charge is 0.462 e. The Balaban J connectivity index is 1.71. The average molecular weight is 434 g/mol. The van der Waals surface area contributed by atoms with Crippen LogP contribution < -0.4 is 5.32 Å². The molecule has 0 fully saturated rings. The van der Waals surface area contributed by atoms with Crippen molar-refractivity contribution in [2.24, 2.45) is 0 Å². The van der Waals surface area contributed by atoms with Crippen molar-refractivity contribution in [3.63, 3.8) is 0 Å². The summed E-state index contributed by atoms with van der Waals surface area (Å²) in [5, 5.41) is 3.72. The predicted octanol–water partition coefficient (Wildman–Crippen LogP) is 5.96. The Hall–Kier alpha value is -2.92. The smallest absolute Gasteiger partial charge is 0.341 e. The third-order valence-electron chi connectivity index (χ3n) is 5.67. The highest BCUT2D eigenvalue weighted by Crippen LogP contribution is 2.39. The number of aryl methyl sites for hydroxylation is 1. The van der Waals surface area contributed by atoms with Crippen LogP contribution in [0.4, 0.5) is 5.00 Å². The molecular formula is C26H27NO3S. The van der Waals surface area contributed by atoms with Crippen LogP contribution in [-0.2, 0) is 22.4 Å². The molecule has 0 unspecified atom stereocenters. The van der Waals surface area contributed by atoms with Crippen LogP contribution in [-0.4, -0.2) is 18.5 Å². The van der Waals surface area contributed by atoms with Gasteiger partial charge in [0, 0.05) is 4.88 Å². The van der Waals surface area contributed by atoms with E-state index in [0.29, 0.717) is 17.2 Å². The van der Waals surface area contributed by atoms with E-state index in [4.69, 9.17) is 4.74 Å². The number of rotatable bonds is 6. The maximum absolute atomic E-state index is 13.6. The molecule has 160 valence electrons. The van der Waals surface area contributed by atoms with Crippen molar-refractivity contribution < 1.29 is 14.3 Å². The van der Waals surface area contributed by atoms with Gasteiger partial charge in [0.2, 0.25) is 5.91 Å². The van der Waals surface area contributed by atoms with Crippen molar-refractivity contribution in [2.45, 2.75) is 44.9 Å². The fourth-order valence-corrected chi connectivity index (χ4v) is 5.50. The van der Waals surface area contributed by atoms with E-state index in [1.807, 2.05) is 67.6 Å². The number of carbonyl (C=O) groups excluding carboxylic acids is 2. The topological polar surface area (TPSA) is 55.4 Å². The van der Waals surface area contributed by atoms with Crippen LogP contribution in [0.25, 0.3) is 0 Å². The number of anilines is 1. The maximum atomic E-state index is 13.6. The number of ether oxygens (including phenoxy) is 1. The number of amides is 1. The van der Waals surface area contributed by atoms with E-state index in [1.54, 1.807) is 0 Å². The minimum atomic E-state index is -0.459. The lowest BCUT2D eigenvalue weighted by Gasteiger charge is -2.18. The van der Waals surface area contributed by atoms with Crippen LogP contribution in [0.1, 0.15) is 64.0 Å². The number of nitrogens with one attached hydrogen (secondary N) is 1. The molecule has 1 N–H and O–H groups in total. The predicted molar refractivity (Wildman–Crippen MR) is 125 cm³/mol. The summed E-state index contributed by atoms with van der Waals surface area (Å²) < 4.78 is 5.36. The summed E-state index contributed by atoms with van der Waals surface area (Å²) in [5.41, 5.74) is 3.45. The molecule has 4 rings (SSSR count). The Morgan fingerprint density at radius 1 is 0.935 bits per heavy atom. The van der Waals surface area contributed by atoms with Gasteiger partial charge >= 0.3 is 5.97 Å². The molecule has 0 aliphatic heterocycles. The lowest BCUT2D eigenvalue weighted by molar-refractivity contribution is -0.116. The molecular weight excluding hydrogens is 406 g/mol. The van der Waals surface area contributed by atoms with Gasteiger partial charge in [-0.05, 0) is 49.3 Å². The van der Waals surface area contributed by atoms with Crippen molar-refractivity contribution in [1.82, 2.24) is 0 Å². The first-order chi connectivity index (χ1) is 15.2. The number of benzene rings is 2. The van der Waals surface area contributed by atoms with Crippen molar-refractivity contribution in [3.8, 4) is 0 Å². The fourth-order valence-electron chi connectivity index (χ4n) is 4.22. The lowest BCUT2D eigenvalue weighted by Crippen LogP contribution is -2.23. The molecule has 0 spiro atoms. The highest BCUT2D eigenvalue weighted by atomic mass is 32.1. The second kappa shape index (κ2) is 9.92. The van der Waals surface area contributed by atoms with Gasteiger partial charge in [-0.25, -0.2) is 4.79 Å². The second-order valence-electron chi connectivity index (χ2n) is 7.73. The molecule has 1 aliphatic rings. The molecule has 0 saturated heterocycles. The number of carbonyl (C=O) groups is 2. The third kappa shape index (κ3) is 4.72. The average Bonchev–Trinajstić information content (AvgIpc) is 2.96. The number of esters is 1. The SMILES string of the molecule is CCOC(=O)c1c(NC(=O)C(c2ccccc2)c2ccccc2)sc2c1CCCCC2. The number of fused-ring (bicyclic) bond motifs is 1. The Morgan fingerprint density at radius 2 is 1.55 bits per heavy atom. The van der Waals surface area contributed by atoms with Crippen molar-refractivity contribution >= 4 is 28.2 Å². The Kier molecular flexibility index (Phi) is 6.82. The first-order valence-electron chi connectivity index (χ1n) is 10.9. The minimum absolute atomic E-state index is 0.139. The Labute approximate surface area is 187 Å². The monoisotopic (exact) mass is 433 g/mol. The van der Waals surface area contributed by atoms with Gasteiger partial charge < -0.3 is 10.1 Å². The van der Waals surface area contributed by atoms with Gasteiger partial charge in [0.25, 0.3) is 0 Å². The second-order valence-corrected chi connectivity index (χ2v) is 8.84. The molecule has 1 aliphatic carbocycles. The zero-order chi connectivity index (χ0) is 21.6. The molecule has 5 heteroatoms. The van der Waals surface area contributed by atoms with Gasteiger partial charge in [-0.2, -0.15) is 0 Å². The summed E-state index contributed by atoms with van der Waals surface area (Å²) in [5.74, 6) is -0.938. The van der Waals surface area contributed by atoms with Crippen molar-refractivity contribution in [1.29, 1.82) is 0 Å². The van der Waals surface area contributed by atoms with E-state index < -0.39 is 5.92 Å². The zero-order valence-corrected chi connectivity index (χ0v) is 18.5. The minimum Gasteiger partial charge on any atom is -0.462 e. The van der Waals surface area contributed by atoms with Gasteiger partial charge in [0.15, 0.2) is 0 Å². The van der Waals surface area contributed by atoms with Gasteiger partial charge in [-0.3, -0.25) is 4.79 Å². The van der Waals surface area contributed by atoms with Gasteiger partial charge in [-0.1, -0.05) is 67.1 Å². The van der Waals surface area contributed by atoms with E-state index in [2.05, 4.69) is 5.32 Å². The molecule has 1 amide bonds. The van der Waals surface area contributed by atoms with Crippen LogP contribution in [0.2, 0.25) is 0 Å². The number of hydrogen-bond acceptors (Lipinski definition) is 4. The summed E-state index contributed by atoms with van der Waals surface area (Å²) in [4.78, 5) is 27.6. The fraction of sp³-hybridized carbons (Fsp3) is 0.308. The van der Waals surface area contributed by atoms with Crippen LogP contribution in [0.5, 0.6) is 0 Å². The van der Waals surface area contributed by atoms with E-state index in [-0.39, 0.29) is 11.9 Å². The summed E-state index contributed by atoms with van der Waals surface area (Å²) >= 11 is 1.53. The van der Waals surface area contributed by atoms with Gasteiger partial charge in [-0.15, -0.1) is 11.3 Å². The molecule has 3 aromatic rings. The van der Waals surface area contributed by atoms with Crippen molar-refractivity contribution in [2.75, 3.05) is 11.9 Å². The van der Waals surface area contributed by atoms with Gasteiger partial charge in [0.1, 0.15) is 5.00 Å². The molecule has 0 saturated carbocycles. The first kappa shape index (κ1) is 21.3. The van der Waals surface area contributed by atoms with Crippen LogP contribution >= 0.6 is 11.3 Å². The van der Waals surface area contributed by atoms with Gasteiger partial charge in [0.05, 0.1) is 18.1 Å². The Bertz CT molecular complexity index is 1000. The van der Waals surface area contributed by atoms with E-state index in [1.165, 1.54) is 16.2 Å². The molecule has 4 nitrogen and oxygen atoms in total. The molecule has 1 heterocycles. The molecule has 0 bridgehead atoms. The highest BCUT2D eigenvalue weighted by Gasteiger charge is 2.29. The summed E-state index contributed by atoms with van der Waals surface area (Å²) in [6.45, 7) is 2.12. The quantitative estimate of drug-likeness (QED) is 0.385. The molecule has 0 atom stereocenters. The lowest BCUT2D eigenvalue weighted by atomic mass is 9.90. The van der Waals surface area contributed by atoms with Crippen LogP contribution in [0, 0.1) is 0 Å². The summed E-state index contributed by atoms with van der Waals surface area (Å²) in [7, 11) is 0.